The predicted molar refractivity (Wildman–Crippen MR) is 104 cm³/mol. The van der Waals surface area contributed by atoms with Crippen molar-refractivity contribution in [1.82, 2.24) is 0 Å². The van der Waals surface area contributed by atoms with E-state index in [9.17, 15) is 40.5 Å². The first-order valence-electron chi connectivity index (χ1n) is 9.01. The molecular formula is C21H16O11. The van der Waals surface area contributed by atoms with Crippen LogP contribution in [0.1, 0.15) is 22.0 Å². The lowest BCUT2D eigenvalue weighted by Gasteiger charge is -2.33. The number of fused-ring (bicyclic) bond motifs is 1. The second-order valence-electron chi connectivity index (χ2n) is 6.83. The second kappa shape index (κ2) is 7.54. The molecule has 0 fully saturated rings. The minimum atomic E-state index is -1.51. The van der Waals surface area contributed by atoms with Crippen molar-refractivity contribution in [2.45, 2.75) is 12.4 Å². The first kappa shape index (κ1) is 20.6. The number of ether oxygens (including phenoxy) is 3. The van der Waals surface area contributed by atoms with Gasteiger partial charge in [-0.25, -0.2) is 4.79 Å². The maximum atomic E-state index is 12.6. The molecule has 1 aliphatic heterocycles. The summed E-state index contributed by atoms with van der Waals surface area (Å²) in [6.45, 7) is 0. The molecule has 1 aliphatic rings. The summed E-state index contributed by atoms with van der Waals surface area (Å²) < 4.78 is 16.7. The van der Waals surface area contributed by atoms with Crippen LogP contribution in [0.2, 0.25) is 0 Å². The van der Waals surface area contributed by atoms with Crippen molar-refractivity contribution in [3.63, 3.8) is 0 Å². The first-order chi connectivity index (χ1) is 15.1. The third-order valence-electron chi connectivity index (χ3n) is 4.62. The average Bonchev–Trinajstić information content (AvgIpc) is 2.74. The highest BCUT2D eigenvalue weighted by Crippen LogP contribution is 2.45. The van der Waals surface area contributed by atoms with E-state index in [4.69, 9.17) is 14.2 Å². The van der Waals surface area contributed by atoms with Crippen LogP contribution in [0.4, 0.5) is 0 Å². The van der Waals surface area contributed by atoms with E-state index in [1.165, 1.54) is 18.2 Å². The SMILES string of the molecule is O=C(O[C@@H]1Oc2ccc(O)cc2O[C@@H]1c1cc(O)c(O)c(O)c1)c1cc(O)c(O)c(O)c1. The van der Waals surface area contributed by atoms with E-state index in [0.29, 0.717) is 0 Å². The van der Waals surface area contributed by atoms with Gasteiger partial charge in [0.05, 0.1) is 5.56 Å². The van der Waals surface area contributed by atoms with Crippen LogP contribution in [0.25, 0.3) is 0 Å². The molecular weight excluding hydrogens is 428 g/mol. The van der Waals surface area contributed by atoms with Gasteiger partial charge >= 0.3 is 5.97 Å². The van der Waals surface area contributed by atoms with Crippen LogP contribution in [0.3, 0.4) is 0 Å². The van der Waals surface area contributed by atoms with Crippen LogP contribution >= 0.6 is 0 Å². The Kier molecular flexibility index (Phi) is 4.85. The summed E-state index contributed by atoms with van der Waals surface area (Å²) in [6, 6.07) is 7.71. The standard InChI is InChI=1S/C21H16O11/c22-10-1-2-15-16(7-10)30-19(8-3-11(23)17(27)12(24)4-8)21(31-15)32-20(29)9-5-13(25)18(28)14(26)6-9/h1-7,19,21-28H/t19-,21+/m1/s1. The summed E-state index contributed by atoms with van der Waals surface area (Å²) in [6.07, 6.45) is -2.80. The van der Waals surface area contributed by atoms with Gasteiger partial charge in [-0.3, -0.25) is 0 Å². The second-order valence-corrected chi connectivity index (χ2v) is 6.83. The molecule has 0 unspecified atom stereocenters. The Labute approximate surface area is 179 Å². The highest BCUT2D eigenvalue weighted by Gasteiger charge is 2.37. The van der Waals surface area contributed by atoms with Crippen LogP contribution in [0.5, 0.6) is 51.7 Å². The molecule has 32 heavy (non-hydrogen) atoms. The monoisotopic (exact) mass is 444 g/mol. The molecule has 166 valence electrons. The van der Waals surface area contributed by atoms with Crippen LogP contribution in [0, 0.1) is 0 Å². The number of aromatic hydroxyl groups is 7. The summed E-state index contributed by atoms with van der Waals surface area (Å²) in [5, 5.41) is 67.7. The number of carbonyl (C=O) groups is 1. The van der Waals surface area contributed by atoms with Crippen molar-refractivity contribution >= 4 is 5.97 Å². The molecule has 4 rings (SSSR count). The summed E-state index contributed by atoms with van der Waals surface area (Å²) in [5.74, 6) is -5.53. The molecule has 0 saturated carbocycles. The summed E-state index contributed by atoms with van der Waals surface area (Å²) >= 11 is 0. The Morgan fingerprint density at radius 1 is 0.719 bits per heavy atom. The van der Waals surface area contributed by atoms with Gasteiger partial charge in [0.15, 0.2) is 52.1 Å². The number of rotatable bonds is 3. The van der Waals surface area contributed by atoms with E-state index in [2.05, 4.69) is 0 Å². The predicted octanol–water partition coefficient (Wildman–Crippen LogP) is 2.32. The zero-order valence-electron chi connectivity index (χ0n) is 16.0. The molecule has 0 spiro atoms. The smallest absolute Gasteiger partial charge is 0.341 e. The number of phenols is 7. The lowest BCUT2D eigenvalue weighted by Crippen LogP contribution is -2.37. The maximum Gasteiger partial charge on any atom is 0.341 e. The van der Waals surface area contributed by atoms with Gasteiger partial charge < -0.3 is 50.0 Å². The Morgan fingerprint density at radius 2 is 1.28 bits per heavy atom. The Morgan fingerprint density at radius 3 is 1.88 bits per heavy atom. The highest BCUT2D eigenvalue weighted by molar-refractivity contribution is 5.91. The van der Waals surface area contributed by atoms with Crippen LogP contribution in [0.15, 0.2) is 42.5 Å². The van der Waals surface area contributed by atoms with Gasteiger partial charge in [0.25, 0.3) is 6.29 Å². The summed E-state index contributed by atoms with van der Waals surface area (Å²) in [7, 11) is 0. The quantitative estimate of drug-likeness (QED) is 0.232. The van der Waals surface area contributed by atoms with Crippen molar-refractivity contribution in [1.29, 1.82) is 0 Å². The molecule has 11 nitrogen and oxygen atoms in total. The van der Waals surface area contributed by atoms with E-state index in [-0.39, 0.29) is 28.4 Å². The van der Waals surface area contributed by atoms with Gasteiger partial charge in [0.1, 0.15) is 5.75 Å². The fourth-order valence-corrected chi connectivity index (χ4v) is 3.06. The average molecular weight is 444 g/mol. The van der Waals surface area contributed by atoms with Crippen molar-refractivity contribution in [3.05, 3.63) is 53.6 Å². The minimum Gasteiger partial charge on any atom is -0.508 e. The van der Waals surface area contributed by atoms with E-state index in [0.717, 1.165) is 24.3 Å². The van der Waals surface area contributed by atoms with E-state index < -0.39 is 52.9 Å². The molecule has 0 saturated heterocycles. The maximum absolute atomic E-state index is 12.6. The van der Waals surface area contributed by atoms with Gasteiger partial charge in [-0.05, 0) is 36.4 Å². The van der Waals surface area contributed by atoms with E-state index in [1.54, 1.807) is 0 Å². The Hall–Kier alpha value is -4.67. The molecule has 0 aliphatic carbocycles. The van der Waals surface area contributed by atoms with Crippen LogP contribution in [-0.2, 0) is 4.74 Å². The van der Waals surface area contributed by atoms with E-state index in [1.807, 2.05) is 0 Å². The number of phenolic OH excluding ortho intramolecular Hbond substituents is 7. The molecule has 7 N–H and O–H groups in total. The largest absolute Gasteiger partial charge is 0.508 e. The summed E-state index contributed by atoms with van der Waals surface area (Å²) in [4.78, 5) is 12.6. The van der Waals surface area contributed by atoms with Gasteiger partial charge in [-0.2, -0.15) is 0 Å². The molecule has 0 amide bonds. The van der Waals surface area contributed by atoms with Gasteiger partial charge in [-0.1, -0.05) is 0 Å². The molecule has 3 aromatic rings. The molecule has 11 heteroatoms. The molecule has 0 bridgehead atoms. The van der Waals surface area contributed by atoms with Crippen LogP contribution < -0.4 is 9.47 Å². The normalized spacial score (nSPS) is 17.0. The first-order valence-corrected chi connectivity index (χ1v) is 9.01. The zero-order valence-corrected chi connectivity index (χ0v) is 16.0. The number of benzene rings is 3. The number of hydrogen-bond acceptors (Lipinski definition) is 11. The lowest BCUT2D eigenvalue weighted by atomic mass is 10.1. The van der Waals surface area contributed by atoms with Gasteiger partial charge in [-0.15, -0.1) is 0 Å². The van der Waals surface area contributed by atoms with E-state index >= 15 is 0 Å². The summed E-state index contributed by atoms with van der Waals surface area (Å²) in [5.41, 5.74) is -0.283. The molecule has 1 heterocycles. The Balaban J connectivity index is 1.72. The molecule has 0 radical (unpaired) electrons. The van der Waals surface area contributed by atoms with Crippen molar-refractivity contribution in [2.75, 3.05) is 0 Å². The number of carbonyl (C=O) groups excluding carboxylic acids is 1. The molecule has 2 atom stereocenters. The third-order valence-corrected chi connectivity index (χ3v) is 4.62. The minimum absolute atomic E-state index is 0.0426. The fourth-order valence-electron chi connectivity index (χ4n) is 3.06. The number of hydrogen-bond donors (Lipinski definition) is 7. The fraction of sp³-hybridized carbons (Fsp3) is 0.0952. The van der Waals surface area contributed by atoms with Crippen molar-refractivity contribution in [3.8, 4) is 51.7 Å². The lowest BCUT2D eigenvalue weighted by molar-refractivity contribution is -0.124. The third kappa shape index (κ3) is 3.62. The number of esters is 1. The molecule has 3 aromatic carbocycles. The highest BCUT2D eigenvalue weighted by atomic mass is 16.7. The topological polar surface area (TPSA) is 186 Å². The zero-order chi connectivity index (χ0) is 23.2. The van der Waals surface area contributed by atoms with Gasteiger partial charge in [0, 0.05) is 11.6 Å². The van der Waals surface area contributed by atoms with Crippen molar-refractivity contribution in [2.24, 2.45) is 0 Å². The molecule has 0 aromatic heterocycles. The van der Waals surface area contributed by atoms with Crippen LogP contribution in [-0.4, -0.2) is 48.0 Å². The Bertz CT molecular complexity index is 1170. The van der Waals surface area contributed by atoms with Gasteiger partial charge in [0.2, 0.25) is 0 Å². The van der Waals surface area contributed by atoms with Crippen molar-refractivity contribution < 1.29 is 54.8 Å².